The monoisotopic (exact) mass is 466 g/mol. The Kier molecular flexibility index (Phi) is 6.74. The Morgan fingerprint density at radius 2 is 1.97 bits per heavy atom. The van der Waals surface area contributed by atoms with Crippen LogP contribution in [0.3, 0.4) is 0 Å². The van der Waals surface area contributed by atoms with E-state index in [1.165, 1.54) is 12.1 Å². The molecule has 0 saturated heterocycles. The lowest BCUT2D eigenvalue weighted by atomic mass is 9.94. The highest BCUT2D eigenvalue weighted by atomic mass is 32.1. The number of benzene rings is 2. The van der Waals surface area contributed by atoms with Crippen LogP contribution >= 0.6 is 12.2 Å². The van der Waals surface area contributed by atoms with Crippen LogP contribution in [0.5, 0.6) is 5.75 Å². The maximum Gasteiger partial charge on any atom is 0.258 e. The summed E-state index contributed by atoms with van der Waals surface area (Å²) in [4.78, 5) is 6.68. The SMILES string of the molecule is CCOc1ccc(C2NC(=S)N(CC(C)C)C(C)=C2c2nc(-c3cccc(F)c3)no2)cc1. The molecule has 0 fully saturated rings. The maximum atomic E-state index is 13.7. The molecule has 172 valence electrons. The minimum absolute atomic E-state index is 0.280. The third-order valence-electron chi connectivity index (χ3n) is 5.41. The van der Waals surface area contributed by atoms with Crippen LogP contribution in [0, 0.1) is 11.7 Å². The molecule has 0 radical (unpaired) electrons. The van der Waals surface area contributed by atoms with Crippen molar-refractivity contribution in [2.75, 3.05) is 13.2 Å². The highest BCUT2D eigenvalue weighted by Gasteiger charge is 2.34. The molecule has 2 heterocycles. The van der Waals surface area contributed by atoms with Crippen molar-refractivity contribution >= 4 is 22.9 Å². The molecule has 0 bridgehead atoms. The van der Waals surface area contributed by atoms with E-state index in [9.17, 15) is 4.39 Å². The van der Waals surface area contributed by atoms with Crippen LogP contribution in [0.2, 0.25) is 0 Å². The summed E-state index contributed by atoms with van der Waals surface area (Å²) in [7, 11) is 0. The lowest BCUT2D eigenvalue weighted by molar-refractivity contribution is 0.340. The van der Waals surface area contributed by atoms with E-state index < -0.39 is 0 Å². The Morgan fingerprint density at radius 3 is 2.64 bits per heavy atom. The van der Waals surface area contributed by atoms with Crippen LogP contribution < -0.4 is 10.1 Å². The molecule has 4 rings (SSSR count). The summed E-state index contributed by atoms with van der Waals surface area (Å²) >= 11 is 5.71. The van der Waals surface area contributed by atoms with Crippen LogP contribution in [-0.2, 0) is 0 Å². The number of allylic oxidation sites excluding steroid dienone is 1. The molecule has 0 spiro atoms. The summed E-state index contributed by atoms with van der Waals surface area (Å²) in [6.45, 7) is 9.60. The first-order valence-corrected chi connectivity index (χ1v) is 11.4. The van der Waals surface area contributed by atoms with Gasteiger partial charge in [-0.05, 0) is 61.8 Å². The van der Waals surface area contributed by atoms with Crippen LogP contribution in [0.15, 0.2) is 58.8 Å². The number of nitrogens with zero attached hydrogens (tertiary/aromatic N) is 3. The fourth-order valence-corrected chi connectivity index (χ4v) is 4.22. The summed E-state index contributed by atoms with van der Waals surface area (Å²) in [6.07, 6.45) is 0. The minimum atomic E-state index is -0.352. The Morgan fingerprint density at radius 1 is 1.21 bits per heavy atom. The van der Waals surface area contributed by atoms with Crippen molar-refractivity contribution in [1.29, 1.82) is 0 Å². The molecular weight excluding hydrogens is 439 g/mol. The van der Waals surface area contributed by atoms with Gasteiger partial charge in [0.15, 0.2) is 5.11 Å². The molecule has 1 aliphatic rings. The van der Waals surface area contributed by atoms with Crippen molar-refractivity contribution in [3.63, 3.8) is 0 Å². The standard InChI is InChI=1S/C25H27FN4O2S/c1-5-31-20-11-9-17(10-12-20)22-21(16(4)30(14-15(2)3)25(33)27-22)24-28-23(29-32-24)18-7-6-8-19(26)13-18/h6-13,15,22H,5,14H2,1-4H3,(H,27,33). The summed E-state index contributed by atoms with van der Waals surface area (Å²) in [6, 6.07) is 13.7. The fraction of sp³-hybridized carbons (Fsp3) is 0.320. The van der Waals surface area contributed by atoms with E-state index in [2.05, 4.69) is 34.2 Å². The van der Waals surface area contributed by atoms with E-state index in [1.807, 2.05) is 38.1 Å². The summed E-state index contributed by atoms with van der Waals surface area (Å²) in [5.74, 6) is 1.55. The predicted octanol–water partition coefficient (Wildman–Crippen LogP) is 5.59. The number of nitrogens with one attached hydrogen (secondary N) is 1. The molecular formula is C25H27FN4O2S. The highest BCUT2D eigenvalue weighted by molar-refractivity contribution is 7.80. The number of rotatable bonds is 7. The summed E-state index contributed by atoms with van der Waals surface area (Å²) < 4.78 is 25.0. The second-order valence-electron chi connectivity index (χ2n) is 8.32. The van der Waals surface area contributed by atoms with E-state index in [0.717, 1.165) is 29.1 Å². The second kappa shape index (κ2) is 9.70. The molecule has 1 aliphatic heterocycles. The number of thiocarbonyl (C=S) groups is 1. The van der Waals surface area contributed by atoms with E-state index in [1.54, 1.807) is 12.1 Å². The van der Waals surface area contributed by atoms with Gasteiger partial charge in [-0.25, -0.2) is 4.39 Å². The molecule has 8 heteroatoms. The lowest BCUT2D eigenvalue weighted by Gasteiger charge is -2.38. The topological polar surface area (TPSA) is 63.4 Å². The third-order valence-corrected chi connectivity index (χ3v) is 5.75. The molecule has 3 aromatic rings. The van der Waals surface area contributed by atoms with Gasteiger partial charge in [-0.3, -0.25) is 0 Å². The van der Waals surface area contributed by atoms with Gasteiger partial charge in [-0.1, -0.05) is 43.3 Å². The minimum Gasteiger partial charge on any atom is -0.494 e. The van der Waals surface area contributed by atoms with Gasteiger partial charge in [0.25, 0.3) is 5.89 Å². The molecule has 0 amide bonds. The van der Waals surface area contributed by atoms with Gasteiger partial charge < -0.3 is 19.5 Å². The van der Waals surface area contributed by atoms with Gasteiger partial charge in [0, 0.05) is 17.8 Å². The molecule has 1 atom stereocenters. The Bertz CT molecular complexity index is 1170. The molecule has 1 N–H and O–H groups in total. The van der Waals surface area contributed by atoms with Crippen LogP contribution in [0.25, 0.3) is 17.0 Å². The second-order valence-corrected chi connectivity index (χ2v) is 8.71. The van der Waals surface area contributed by atoms with E-state index in [4.69, 9.17) is 21.5 Å². The van der Waals surface area contributed by atoms with Gasteiger partial charge >= 0.3 is 0 Å². The molecule has 1 aromatic heterocycles. The smallest absolute Gasteiger partial charge is 0.258 e. The zero-order chi connectivity index (χ0) is 23.5. The van der Waals surface area contributed by atoms with Gasteiger partial charge in [-0.2, -0.15) is 4.98 Å². The van der Waals surface area contributed by atoms with Crippen molar-refractivity contribution in [3.05, 3.63) is 71.5 Å². The zero-order valence-corrected chi connectivity index (χ0v) is 19.9. The Balaban J connectivity index is 1.78. The number of hydrogen-bond acceptors (Lipinski definition) is 5. The van der Waals surface area contributed by atoms with Gasteiger partial charge in [0.1, 0.15) is 11.6 Å². The first kappa shape index (κ1) is 22.9. The zero-order valence-electron chi connectivity index (χ0n) is 19.1. The van der Waals surface area contributed by atoms with E-state index in [-0.39, 0.29) is 11.9 Å². The summed E-state index contributed by atoms with van der Waals surface area (Å²) in [5.41, 5.74) is 3.33. The van der Waals surface area contributed by atoms with Crippen molar-refractivity contribution in [2.45, 2.75) is 33.7 Å². The Hall–Kier alpha value is -3.26. The number of aromatic nitrogens is 2. The predicted molar refractivity (Wildman–Crippen MR) is 130 cm³/mol. The number of hydrogen-bond donors (Lipinski definition) is 1. The van der Waals surface area contributed by atoms with Crippen LogP contribution in [0.4, 0.5) is 4.39 Å². The first-order chi connectivity index (χ1) is 15.9. The van der Waals surface area contributed by atoms with E-state index >= 15 is 0 Å². The van der Waals surface area contributed by atoms with Crippen LogP contribution in [0.1, 0.15) is 45.2 Å². The molecule has 6 nitrogen and oxygen atoms in total. The van der Waals surface area contributed by atoms with Crippen molar-refractivity contribution in [3.8, 4) is 17.1 Å². The molecule has 2 aromatic carbocycles. The highest BCUT2D eigenvalue weighted by Crippen LogP contribution is 2.38. The molecule has 0 aliphatic carbocycles. The maximum absolute atomic E-state index is 13.7. The largest absolute Gasteiger partial charge is 0.494 e. The third kappa shape index (κ3) is 4.90. The quantitative estimate of drug-likeness (QED) is 0.455. The van der Waals surface area contributed by atoms with Crippen molar-refractivity contribution in [2.24, 2.45) is 5.92 Å². The molecule has 33 heavy (non-hydrogen) atoms. The summed E-state index contributed by atoms with van der Waals surface area (Å²) in [5, 5.41) is 8.22. The normalized spacial score (nSPS) is 16.4. The average molecular weight is 467 g/mol. The van der Waals surface area contributed by atoms with Crippen LogP contribution in [-0.4, -0.2) is 33.3 Å². The molecule has 0 saturated carbocycles. The Labute approximate surface area is 198 Å². The van der Waals surface area contributed by atoms with Gasteiger partial charge in [0.2, 0.25) is 5.82 Å². The van der Waals surface area contributed by atoms with Gasteiger partial charge in [0.05, 0.1) is 18.2 Å². The van der Waals surface area contributed by atoms with Crippen molar-refractivity contribution < 1.29 is 13.7 Å². The number of halogens is 1. The average Bonchev–Trinajstić information content (AvgIpc) is 3.27. The lowest BCUT2D eigenvalue weighted by Crippen LogP contribution is -2.47. The van der Waals surface area contributed by atoms with Crippen molar-refractivity contribution in [1.82, 2.24) is 20.4 Å². The van der Waals surface area contributed by atoms with E-state index in [0.29, 0.717) is 34.9 Å². The number of ether oxygens (including phenoxy) is 1. The fourth-order valence-electron chi connectivity index (χ4n) is 3.89. The molecule has 1 unspecified atom stereocenters. The first-order valence-electron chi connectivity index (χ1n) is 11.0. The van der Waals surface area contributed by atoms with Gasteiger partial charge in [-0.15, -0.1) is 0 Å².